The van der Waals surface area contributed by atoms with Gasteiger partial charge in [0.15, 0.2) is 11.5 Å². The molecular weight excluding hydrogens is 350 g/mol. The summed E-state index contributed by atoms with van der Waals surface area (Å²) in [6.07, 6.45) is 4.56. The number of aromatic amines is 1. The number of nitrogens with one attached hydrogen (secondary N) is 2. The molecule has 3 aromatic rings. The summed E-state index contributed by atoms with van der Waals surface area (Å²) in [5.74, 6) is 1.10. The van der Waals surface area contributed by atoms with Gasteiger partial charge in [-0.1, -0.05) is 6.07 Å². The van der Waals surface area contributed by atoms with E-state index in [1.165, 1.54) is 0 Å². The highest BCUT2D eigenvalue weighted by Crippen LogP contribution is 2.19. The zero-order valence-corrected chi connectivity index (χ0v) is 15.8. The fraction of sp³-hybridized carbons (Fsp3) is 0.333. The van der Waals surface area contributed by atoms with Crippen LogP contribution in [0.25, 0.3) is 5.65 Å². The van der Waals surface area contributed by atoms with Gasteiger partial charge in [-0.25, -0.2) is 0 Å². The maximum atomic E-state index is 12.8. The summed E-state index contributed by atoms with van der Waals surface area (Å²) in [5, 5.41) is 11.4. The molecule has 0 aliphatic heterocycles. The van der Waals surface area contributed by atoms with Crippen LogP contribution in [0.5, 0.6) is 0 Å². The van der Waals surface area contributed by atoms with E-state index in [9.17, 15) is 9.59 Å². The van der Waals surface area contributed by atoms with Crippen molar-refractivity contribution >= 4 is 23.3 Å². The summed E-state index contributed by atoms with van der Waals surface area (Å²) in [7, 11) is 0. The summed E-state index contributed by atoms with van der Waals surface area (Å²) in [5.41, 5.74) is 1.86. The van der Waals surface area contributed by atoms with Crippen LogP contribution < -0.4 is 10.9 Å². The van der Waals surface area contributed by atoms with E-state index in [2.05, 4.69) is 20.5 Å². The molecule has 0 aromatic carbocycles. The van der Waals surface area contributed by atoms with Crippen molar-refractivity contribution in [3.8, 4) is 0 Å². The van der Waals surface area contributed by atoms with Crippen molar-refractivity contribution in [3.05, 3.63) is 63.5 Å². The number of H-pyrrole nitrogens is 1. The van der Waals surface area contributed by atoms with E-state index in [1.54, 1.807) is 31.7 Å². The Morgan fingerprint density at radius 3 is 2.88 bits per heavy atom. The third kappa shape index (κ3) is 3.65. The maximum absolute atomic E-state index is 12.8. The summed E-state index contributed by atoms with van der Waals surface area (Å²) in [6, 6.07) is 7.09. The maximum Gasteiger partial charge on any atom is 0.261 e. The van der Waals surface area contributed by atoms with E-state index in [-0.39, 0.29) is 17.2 Å². The van der Waals surface area contributed by atoms with Crippen LogP contribution in [0.15, 0.2) is 35.3 Å². The van der Waals surface area contributed by atoms with Crippen LogP contribution in [-0.4, -0.2) is 37.5 Å². The van der Waals surface area contributed by atoms with Crippen LogP contribution in [0.1, 0.15) is 39.9 Å². The van der Waals surface area contributed by atoms with Gasteiger partial charge in [0.2, 0.25) is 0 Å². The molecule has 3 rings (SSSR count). The van der Waals surface area contributed by atoms with Crippen molar-refractivity contribution < 1.29 is 4.79 Å². The number of thioether (sulfide) groups is 1. The number of amides is 1. The summed E-state index contributed by atoms with van der Waals surface area (Å²) in [6.45, 7) is 3.56. The Kier molecular flexibility index (Phi) is 5.41. The predicted molar refractivity (Wildman–Crippen MR) is 103 cm³/mol. The molecule has 0 unspecified atom stereocenters. The Hall–Kier alpha value is -2.61. The largest absolute Gasteiger partial charge is 0.342 e. The smallest absolute Gasteiger partial charge is 0.261 e. The molecule has 136 valence electrons. The lowest BCUT2D eigenvalue weighted by Gasteiger charge is -2.17. The number of hydrogen-bond acceptors (Lipinski definition) is 5. The van der Waals surface area contributed by atoms with Crippen molar-refractivity contribution in [2.45, 2.75) is 26.3 Å². The zero-order chi connectivity index (χ0) is 18.7. The highest BCUT2D eigenvalue weighted by molar-refractivity contribution is 7.98. The molecule has 26 heavy (non-hydrogen) atoms. The van der Waals surface area contributed by atoms with Crippen LogP contribution >= 0.6 is 11.8 Å². The van der Waals surface area contributed by atoms with E-state index in [4.69, 9.17) is 0 Å². The van der Waals surface area contributed by atoms with Crippen molar-refractivity contribution in [2.24, 2.45) is 0 Å². The monoisotopic (exact) mass is 371 g/mol. The van der Waals surface area contributed by atoms with Crippen molar-refractivity contribution in [2.75, 3.05) is 12.0 Å². The molecule has 3 aromatic heterocycles. The van der Waals surface area contributed by atoms with Crippen LogP contribution in [0.3, 0.4) is 0 Å². The highest BCUT2D eigenvalue weighted by Gasteiger charge is 2.23. The minimum Gasteiger partial charge on any atom is -0.342 e. The van der Waals surface area contributed by atoms with Crippen LogP contribution in [0.4, 0.5) is 0 Å². The van der Waals surface area contributed by atoms with E-state index >= 15 is 0 Å². The molecule has 8 heteroatoms. The normalized spacial score (nSPS) is 12.3. The van der Waals surface area contributed by atoms with E-state index in [1.807, 2.05) is 35.1 Å². The Morgan fingerprint density at radius 1 is 1.35 bits per heavy atom. The first kappa shape index (κ1) is 18.2. The van der Waals surface area contributed by atoms with Gasteiger partial charge < -0.3 is 10.3 Å². The lowest BCUT2D eigenvalue weighted by molar-refractivity contribution is 0.0931. The van der Waals surface area contributed by atoms with Gasteiger partial charge in [-0.2, -0.15) is 11.8 Å². The number of hydrogen-bond donors (Lipinski definition) is 2. The molecule has 2 N–H and O–H groups in total. The molecule has 3 heterocycles. The molecule has 1 amide bonds. The van der Waals surface area contributed by atoms with Gasteiger partial charge in [-0.05, 0) is 56.0 Å². The molecule has 7 nitrogen and oxygen atoms in total. The fourth-order valence-corrected chi connectivity index (χ4v) is 3.44. The fourth-order valence-electron chi connectivity index (χ4n) is 2.97. The molecule has 0 aliphatic rings. The molecular formula is C18H21N5O2S. The molecule has 0 fully saturated rings. The SMILES string of the molecule is CSCC[C@@H](NC(=O)c1c(C)cc(C)[nH]c1=O)c1nnc2ccccn12. The first-order valence-electron chi connectivity index (χ1n) is 8.31. The van der Waals surface area contributed by atoms with Gasteiger partial charge in [-0.15, -0.1) is 10.2 Å². The van der Waals surface area contributed by atoms with Gasteiger partial charge in [0, 0.05) is 11.9 Å². The topological polar surface area (TPSA) is 92.1 Å². The third-order valence-electron chi connectivity index (χ3n) is 4.16. The Morgan fingerprint density at radius 2 is 2.15 bits per heavy atom. The van der Waals surface area contributed by atoms with E-state index in [0.29, 0.717) is 17.8 Å². The highest BCUT2D eigenvalue weighted by atomic mass is 32.2. The van der Waals surface area contributed by atoms with Gasteiger partial charge >= 0.3 is 0 Å². The average molecular weight is 371 g/mol. The minimum atomic E-state index is -0.400. The van der Waals surface area contributed by atoms with Gasteiger partial charge in [0.05, 0.1) is 6.04 Å². The second-order valence-corrected chi connectivity index (χ2v) is 7.12. The van der Waals surface area contributed by atoms with Crippen molar-refractivity contribution in [1.29, 1.82) is 0 Å². The number of nitrogens with zero attached hydrogens (tertiary/aromatic N) is 3. The lowest BCUT2D eigenvalue weighted by atomic mass is 10.1. The quantitative estimate of drug-likeness (QED) is 0.693. The average Bonchev–Trinajstić information content (AvgIpc) is 3.01. The Labute approximate surface area is 155 Å². The first-order valence-corrected chi connectivity index (χ1v) is 9.70. The molecule has 0 saturated carbocycles. The molecule has 0 bridgehead atoms. The van der Waals surface area contributed by atoms with Gasteiger partial charge in [0.25, 0.3) is 11.5 Å². The summed E-state index contributed by atoms with van der Waals surface area (Å²) in [4.78, 5) is 27.7. The number of aromatic nitrogens is 4. The zero-order valence-electron chi connectivity index (χ0n) is 14.9. The van der Waals surface area contributed by atoms with Crippen molar-refractivity contribution in [3.63, 3.8) is 0 Å². The Bertz CT molecular complexity index is 995. The molecule has 0 spiro atoms. The lowest BCUT2D eigenvalue weighted by Crippen LogP contribution is -2.35. The van der Waals surface area contributed by atoms with Crippen LogP contribution in [0, 0.1) is 13.8 Å². The molecule has 0 aliphatic carbocycles. The molecule has 0 radical (unpaired) electrons. The van der Waals surface area contributed by atoms with Crippen LogP contribution in [-0.2, 0) is 0 Å². The standard InChI is InChI=1S/C18H21N5O2S/c1-11-10-12(2)19-17(24)15(11)18(25)20-13(7-9-26-3)16-22-21-14-6-4-5-8-23(14)16/h4-6,8,10,13H,7,9H2,1-3H3,(H,19,24)(H,20,25)/t13-/m1/s1. The van der Waals surface area contributed by atoms with Crippen LogP contribution in [0.2, 0.25) is 0 Å². The molecule has 1 atom stereocenters. The number of rotatable bonds is 6. The third-order valence-corrected chi connectivity index (χ3v) is 4.80. The predicted octanol–water partition coefficient (Wildman–Crippen LogP) is 2.26. The number of fused-ring (bicyclic) bond motifs is 1. The second kappa shape index (κ2) is 7.74. The van der Waals surface area contributed by atoms with E-state index in [0.717, 1.165) is 17.1 Å². The number of carbonyl (C=O) groups is 1. The molecule has 0 saturated heterocycles. The first-order chi connectivity index (χ1) is 12.5. The summed E-state index contributed by atoms with van der Waals surface area (Å²) < 4.78 is 1.86. The number of pyridine rings is 2. The number of aryl methyl sites for hydroxylation is 2. The minimum absolute atomic E-state index is 0.138. The Balaban J connectivity index is 1.94. The van der Waals surface area contributed by atoms with E-state index < -0.39 is 5.91 Å². The van der Waals surface area contributed by atoms with Gasteiger partial charge in [-0.3, -0.25) is 14.0 Å². The van der Waals surface area contributed by atoms with Gasteiger partial charge in [0.1, 0.15) is 5.56 Å². The van der Waals surface area contributed by atoms with Crippen molar-refractivity contribution in [1.82, 2.24) is 24.9 Å². The summed E-state index contributed by atoms with van der Waals surface area (Å²) >= 11 is 1.69. The second-order valence-electron chi connectivity index (χ2n) is 6.13. The number of carbonyl (C=O) groups excluding carboxylic acids is 1.